The van der Waals surface area contributed by atoms with E-state index in [2.05, 4.69) is 29.3 Å². The van der Waals surface area contributed by atoms with Crippen molar-refractivity contribution in [3.05, 3.63) is 51.2 Å². The largest absolute Gasteiger partial charge is 0.384 e. The second-order valence-corrected chi connectivity index (χ2v) is 5.77. The second-order valence-electron chi connectivity index (χ2n) is 4.38. The van der Waals surface area contributed by atoms with Crippen LogP contribution >= 0.6 is 22.9 Å². The van der Waals surface area contributed by atoms with E-state index in [1.807, 2.05) is 19.2 Å². The van der Waals surface area contributed by atoms with Crippen LogP contribution < -0.4 is 10.6 Å². The molecule has 100 valence electrons. The maximum atomic E-state index is 7.43. The molecule has 5 heteroatoms. The van der Waals surface area contributed by atoms with Gasteiger partial charge in [0.25, 0.3) is 0 Å². The van der Waals surface area contributed by atoms with Gasteiger partial charge < -0.3 is 10.6 Å². The minimum atomic E-state index is -0.00879. The molecule has 1 atom stereocenters. The number of benzene rings is 1. The number of hydrogen-bond donors (Lipinski definition) is 2. The molecule has 0 saturated heterocycles. The monoisotopic (exact) mass is 293 g/mol. The first-order chi connectivity index (χ1) is 9.00. The molecule has 0 aliphatic rings. The van der Waals surface area contributed by atoms with Crippen LogP contribution in [-0.4, -0.2) is 12.9 Å². The molecule has 0 aliphatic carbocycles. The Bertz CT molecular complexity index is 580. The van der Waals surface area contributed by atoms with Crippen LogP contribution in [0.5, 0.6) is 0 Å². The molecular weight excluding hydrogens is 278 g/mol. The van der Waals surface area contributed by atoms with Crippen molar-refractivity contribution in [2.75, 3.05) is 11.9 Å². The van der Waals surface area contributed by atoms with Crippen molar-refractivity contribution < 1.29 is 0 Å². The quantitative estimate of drug-likeness (QED) is 0.664. The Morgan fingerprint density at radius 3 is 2.68 bits per heavy atom. The molecule has 1 heterocycles. The minimum Gasteiger partial charge on any atom is -0.384 e. The van der Waals surface area contributed by atoms with Gasteiger partial charge >= 0.3 is 0 Å². The molecule has 3 nitrogen and oxygen atoms in total. The summed E-state index contributed by atoms with van der Waals surface area (Å²) in [5, 5.41) is 10.0. The molecule has 0 bridgehead atoms. The molecule has 0 spiro atoms. The van der Waals surface area contributed by atoms with Crippen LogP contribution in [0.15, 0.2) is 35.7 Å². The fourth-order valence-electron chi connectivity index (χ4n) is 1.89. The summed E-state index contributed by atoms with van der Waals surface area (Å²) in [7, 11) is 2.03. The highest BCUT2D eigenvalue weighted by Crippen LogP contribution is 2.30. The smallest absolute Gasteiger partial charge is 0.124 e. The molecular formula is C14H16ClN3S. The molecule has 0 aliphatic heterocycles. The van der Waals surface area contributed by atoms with Crippen LogP contribution in [0, 0.1) is 5.41 Å². The lowest BCUT2D eigenvalue weighted by molar-refractivity contribution is 0.754. The molecule has 0 saturated carbocycles. The standard InChI is InChI=1S/C14H16ClN3S/c1-9(13-4-3-7-19-13)18(2)10-5-6-11(14(16)17)12(15)8-10/h3-9H,1-2H3,(H3,16,17). The molecule has 19 heavy (non-hydrogen) atoms. The first-order valence-electron chi connectivity index (χ1n) is 5.91. The molecule has 1 aromatic heterocycles. The van der Waals surface area contributed by atoms with Gasteiger partial charge in [-0.15, -0.1) is 11.3 Å². The van der Waals surface area contributed by atoms with Crippen molar-refractivity contribution in [1.29, 1.82) is 5.41 Å². The highest BCUT2D eigenvalue weighted by atomic mass is 35.5. The van der Waals surface area contributed by atoms with Crippen LogP contribution in [0.25, 0.3) is 0 Å². The number of nitrogens with two attached hydrogens (primary N) is 1. The van der Waals surface area contributed by atoms with Crippen molar-refractivity contribution >= 4 is 34.5 Å². The van der Waals surface area contributed by atoms with Gasteiger partial charge in [-0.1, -0.05) is 17.7 Å². The number of hydrogen-bond acceptors (Lipinski definition) is 3. The molecule has 2 rings (SSSR count). The summed E-state index contributed by atoms with van der Waals surface area (Å²) in [6.07, 6.45) is 0. The number of halogens is 1. The van der Waals surface area contributed by atoms with E-state index in [1.165, 1.54) is 4.88 Å². The summed E-state index contributed by atoms with van der Waals surface area (Å²) in [4.78, 5) is 3.45. The third kappa shape index (κ3) is 2.91. The fraction of sp³-hybridized carbons (Fsp3) is 0.214. The van der Waals surface area contributed by atoms with E-state index in [4.69, 9.17) is 22.7 Å². The van der Waals surface area contributed by atoms with E-state index < -0.39 is 0 Å². The molecule has 0 amide bonds. The van der Waals surface area contributed by atoms with Crippen molar-refractivity contribution in [2.45, 2.75) is 13.0 Å². The number of rotatable bonds is 4. The predicted molar refractivity (Wildman–Crippen MR) is 83.6 cm³/mol. The Morgan fingerprint density at radius 2 is 2.16 bits per heavy atom. The SMILES string of the molecule is CC(c1cccs1)N(C)c1ccc(C(=N)N)c(Cl)c1. The van der Waals surface area contributed by atoms with Gasteiger partial charge in [-0.3, -0.25) is 5.41 Å². The van der Waals surface area contributed by atoms with Gasteiger partial charge in [0.1, 0.15) is 5.84 Å². The lowest BCUT2D eigenvalue weighted by atomic mass is 10.1. The number of amidine groups is 1. The van der Waals surface area contributed by atoms with E-state index in [0.29, 0.717) is 10.6 Å². The summed E-state index contributed by atoms with van der Waals surface area (Å²) in [5.74, 6) is -0.00879. The number of nitrogens with zero attached hydrogens (tertiary/aromatic N) is 1. The summed E-state index contributed by atoms with van der Waals surface area (Å²) < 4.78 is 0. The summed E-state index contributed by atoms with van der Waals surface area (Å²) >= 11 is 7.89. The number of thiophene rings is 1. The van der Waals surface area contributed by atoms with E-state index in [9.17, 15) is 0 Å². The highest BCUT2D eigenvalue weighted by molar-refractivity contribution is 7.10. The average molecular weight is 294 g/mol. The van der Waals surface area contributed by atoms with E-state index in [0.717, 1.165) is 5.69 Å². The fourth-order valence-corrected chi connectivity index (χ4v) is 2.99. The zero-order valence-electron chi connectivity index (χ0n) is 10.9. The van der Waals surface area contributed by atoms with Gasteiger partial charge in [-0.05, 0) is 36.6 Å². The summed E-state index contributed by atoms with van der Waals surface area (Å²) in [5.41, 5.74) is 7.05. The van der Waals surface area contributed by atoms with Crippen molar-refractivity contribution in [3.8, 4) is 0 Å². The van der Waals surface area contributed by atoms with Crippen LogP contribution in [0.2, 0.25) is 5.02 Å². The molecule has 1 aromatic carbocycles. The van der Waals surface area contributed by atoms with Crippen molar-refractivity contribution in [3.63, 3.8) is 0 Å². The van der Waals surface area contributed by atoms with Crippen molar-refractivity contribution in [2.24, 2.45) is 5.73 Å². The topological polar surface area (TPSA) is 53.1 Å². The van der Waals surface area contributed by atoms with Gasteiger partial charge in [-0.2, -0.15) is 0 Å². The van der Waals surface area contributed by atoms with Gasteiger partial charge in [-0.25, -0.2) is 0 Å². The third-order valence-electron chi connectivity index (χ3n) is 3.19. The molecule has 2 aromatic rings. The lowest BCUT2D eigenvalue weighted by Crippen LogP contribution is -2.21. The van der Waals surface area contributed by atoms with Gasteiger partial charge in [0, 0.05) is 23.2 Å². The van der Waals surface area contributed by atoms with Crippen molar-refractivity contribution in [1.82, 2.24) is 0 Å². The average Bonchev–Trinajstić information content (AvgIpc) is 2.90. The van der Waals surface area contributed by atoms with Crippen LogP contribution in [0.1, 0.15) is 23.4 Å². The predicted octanol–water partition coefficient (Wildman–Crippen LogP) is 3.88. The lowest BCUT2D eigenvalue weighted by Gasteiger charge is -2.26. The van der Waals surface area contributed by atoms with Gasteiger partial charge in [0.2, 0.25) is 0 Å². The van der Waals surface area contributed by atoms with Gasteiger partial charge in [0.05, 0.1) is 11.1 Å². The second kappa shape index (κ2) is 5.63. The first-order valence-corrected chi connectivity index (χ1v) is 7.16. The maximum absolute atomic E-state index is 7.43. The Hall–Kier alpha value is -1.52. The van der Waals surface area contributed by atoms with E-state index in [1.54, 1.807) is 17.4 Å². The zero-order valence-corrected chi connectivity index (χ0v) is 12.4. The Morgan fingerprint density at radius 1 is 1.42 bits per heavy atom. The van der Waals surface area contributed by atoms with E-state index >= 15 is 0 Å². The molecule has 3 N–H and O–H groups in total. The van der Waals surface area contributed by atoms with Crippen LogP contribution in [0.4, 0.5) is 5.69 Å². The highest BCUT2D eigenvalue weighted by Gasteiger charge is 2.14. The van der Waals surface area contributed by atoms with Crippen LogP contribution in [0.3, 0.4) is 0 Å². The normalized spacial score (nSPS) is 12.2. The van der Waals surface area contributed by atoms with Gasteiger partial charge in [0.15, 0.2) is 0 Å². The minimum absolute atomic E-state index is 0.00879. The molecule has 0 fully saturated rings. The Labute approximate surface area is 122 Å². The molecule has 0 radical (unpaired) electrons. The summed E-state index contributed by atoms with van der Waals surface area (Å²) in [6, 6.07) is 10.0. The number of anilines is 1. The number of nitrogen functional groups attached to an aromatic ring is 1. The Kier molecular flexibility index (Phi) is 4.12. The first kappa shape index (κ1) is 13.9. The Balaban J connectivity index is 2.27. The number of nitrogens with one attached hydrogen (secondary N) is 1. The maximum Gasteiger partial charge on any atom is 0.124 e. The van der Waals surface area contributed by atoms with E-state index in [-0.39, 0.29) is 11.9 Å². The third-order valence-corrected chi connectivity index (χ3v) is 4.54. The molecule has 1 unspecified atom stereocenters. The zero-order chi connectivity index (χ0) is 14.0. The summed E-state index contributed by atoms with van der Waals surface area (Å²) in [6.45, 7) is 2.15. The van der Waals surface area contributed by atoms with Crippen LogP contribution in [-0.2, 0) is 0 Å².